The van der Waals surface area contributed by atoms with Crippen LogP contribution in [0.4, 0.5) is 13.2 Å². The summed E-state index contributed by atoms with van der Waals surface area (Å²) in [5.41, 5.74) is 0.613. The van der Waals surface area contributed by atoms with Crippen molar-refractivity contribution in [2.24, 2.45) is 10.9 Å². The van der Waals surface area contributed by atoms with Crippen molar-refractivity contribution in [1.82, 2.24) is 10.6 Å². The van der Waals surface area contributed by atoms with Gasteiger partial charge in [0.15, 0.2) is 17.5 Å². The summed E-state index contributed by atoms with van der Waals surface area (Å²) in [6.45, 7) is 2.78. The van der Waals surface area contributed by atoms with Crippen molar-refractivity contribution < 1.29 is 23.0 Å². The number of hydrogen-bond donors (Lipinski definition) is 3. The number of rotatable bonds is 5. The normalized spacial score (nSPS) is 21.3. The van der Waals surface area contributed by atoms with Crippen molar-refractivity contribution in [2.75, 3.05) is 13.7 Å². The molecule has 1 aliphatic rings. The number of aliphatic imine (C=N–C) groups is 1. The number of methoxy groups -OCH3 is 1. The highest BCUT2D eigenvalue weighted by molar-refractivity contribution is 5.80. The van der Waals surface area contributed by atoms with Crippen molar-refractivity contribution in [3.63, 3.8) is 0 Å². The van der Waals surface area contributed by atoms with Crippen molar-refractivity contribution >= 4 is 5.96 Å². The van der Waals surface area contributed by atoms with E-state index in [1.165, 1.54) is 7.11 Å². The van der Waals surface area contributed by atoms with Gasteiger partial charge in [-0.3, -0.25) is 0 Å². The number of hydrogen-bond acceptors (Lipinski definition) is 3. The van der Waals surface area contributed by atoms with Crippen molar-refractivity contribution in [3.8, 4) is 11.5 Å². The molecule has 0 unspecified atom stereocenters. The Labute approximate surface area is 151 Å². The quantitative estimate of drug-likeness (QED) is 0.545. The van der Waals surface area contributed by atoms with Crippen LogP contribution in [0.5, 0.6) is 11.5 Å². The Morgan fingerprint density at radius 3 is 2.54 bits per heavy atom. The van der Waals surface area contributed by atoms with Crippen LogP contribution in [0.3, 0.4) is 0 Å². The van der Waals surface area contributed by atoms with Gasteiger partial charge in [-0.15, -0.1) is 0 Å². The second-order valence-electron chi connectivity index (χ2n) is 6.40. The van der Waals surface area contributed by atoms with E-state index in [2.05, 4.69) is 15.6 Å². The first-order valence-corrected chi connectivity index (χ1v) is 8.81. The second-order valence-corrected chi connectivity index (χ2v) is 6.40. The van der Waals surface area contributed by atoms with Gasteiger partial charge in [0.1, 0.15) is 0 Å². The van der Waals surface area contributed by atoms with E-state index in [1.54, 1.807) is 18.2 Å². The summed E-state index contributed by atoms with van der Waals surface area (Å²) < 4.78 is 43.4. The molecule has 0 aliphatic heterocycles. The number of alkyl halides is 3. The van der Waals surface area contributed by atoms with Gasteiger partial charge in [0.05, 0.1) is 19.6 Å². The van der Waals surface area contributed by atoms with Crippen molar-refractivity contribution in [3.05, 3.63) is 23.8 Å². The van der Waals surface area contributed by atoms with E-state index in [0.717, 1.165) is 0 Å². The van der Waals surface area contributed by atoms with E-state index in [-0.39, 0.29) is 31.2 Å². The number of nitrogens with one attached hydrogen (secondary N) is 2. The van der Waals surface area contributed by atoms with Crippen LogP contribution in [0.25, 0.3) is 0 Å². The van der Waals surface area contributed by atoms with E-state index < -0.39 is 12.1 Å². The van der Waals surface area contributed by atoms with Gasteiger partial charge in [0, 0.05) is 18.2 Å². The van der Waals surface area contributed by atoms with Crippen LogP contribution in [0.15, 0.2) is 23.2 Å². The average Bonchev–Trinajstić information content (AvgIpc) is 2.60. The Morgan fingerprint density at radius 1 is 1.27 bits per heavy atom. The molecule has 5 nitrogen and oxygen atoms in total. The fourth-order valence-corrected chi connectivity index (χ4v) is 3.10. The summed E-state index contributed by atoms with van der Waals surface area (Å²) in [5, 5.41) is 16.4. The first-order chi connectivity index (χ1) is 12.3. The number of para-hydroxylation sites is 1. The van der Waals surface area contributed by atoms with Gasteiger partial charge in [0.25, 0.3) is 0 Å². The summed E-state index contributed by atoms with van der Waals surface area (Å²) in [6.07, 6.45) is -2.92. The molecule has 1 saturated carbocycles. The zero-order valence-electron chi connectivity index (χ0n) is 15.1. The molecular formula is C18H26F3N3O2. The zero-order valence-corrected chi connectivity index (χ0v) is 15.1. The first-order valence-electron chi connectivity index (χ1n) is 8.81. The Hall–Kier alpha value is -2.12. The Bertz CT molecular complexity index is 612. The maximum absolute atomic E-state index is 12.8. The Morgan fingerprint density at radius 2 is 1.96 bits per heavy atom. The molecule has 0 radical (unpaired) electrons. The third-order valence-electron chi connectivity index (χ3n) is 4.59. The Balaban J connectivity index is 1.98. The molecule has 0 bridgehead atoms. The highest BCUT2D eigenvalue weighted by Crippen LogP contribution is 2.37. The molecule has 3 N–H and O–H groups in total. The number of halogens is 3. The second kappa shape index (κ2) is 9.00. The highest BCUT2D eigenvalue weighted by Gasteiger charge is 2.41. The molecule has 2 rings (SSSR count). The Kier molecular flexibility index (Phi) is 6.99. The van der Waals surface area contributed by atoms with Gasteiger partial charge >= 0.3 is 6.18 Å². The highest BCUT2D eigenvalue weighted by atomic mass is 19.4. The zero-order chi connectivity index (χ0) is 19.2. The molecule has 1 aliphatic carbocycles. The molecule has 26 heavy (non-hydrogen) atoms. The van der Waals surface area contributed by atoms with E-state index in [4.69, 9.17) is 4.74 Å². The molecule has 146 valence electrons. The number of aromatic hydroxyl groups is 1. The molecule has 0 atom stereocenters. The monoisotopic (exact) mass is 373 g/mol. The summed E-state index contributed by atoms with van der Waals surface area (Å²) in [4.78, 5) is 4.44. The molecule has 0 heterocycles. The molecule has 0 aromatic heterocycles. The van der Waals surface area contributed by atoms with Gasteiger partial charge in [0.2, 0.25) is 0 Å². The number of phenols is 1. The lowest BCUT2D eigenvalue weighted by molar-refractivity contribution is -0.182. The summed E-state index contributed by atoms with van der Waals surface area (Å²) in [5.74, 6) is -0.250. The smallest absolute Gasteiger partial charge is 0.391 e. The first kappa shape index (κ1) is 20.2. The van der Waals surface area contributed by atoms with Crippen molar-refractivity contribution in [1.29, 1.82) is 0 Å². The van der Waals surface area contributed by atoms with Gasteiger partial charge in [-0.1, -0.05) is 12.1 Å². The molecule has 1 aromatic rings. The van der Waals surface area contributed by atoms with Crippen LogP contribution in [-0.2, 0) is 6.54 Å². The van der Waals surface area contributed by atoms with Crippen molar-refractivity contribution in [2.45, 2.75) is 51.4 Å². The molecule has 1 aromatic carbocycles. The van der Waals surface area contributed by atoms with Gasteiger partial charge in [-0.25, -0.2) is 4.99 Å². The number of guanidine groups is 1. The van der Waals surface area contributed by atoms with Crippen LogP contribution in [0, 0.1) is 5.92 Å². The van der Waals surface area contributed by atoms with Gasteiger partial charge in [-0.05, 0) is 38.7 Å². The fourth-order valence-electron chi connectivity index (χ4n) is 3.10. The third kappa shape index (κ3) is 5.44. The maximum atomic E-state index is 12.8. The average molecular weight is 373 g/mol. The summed E-state index contributed by atoms with van der Waals surface area (Å²) in [7, 11) is 1.48. The van der Waals surface area contributed by atoms with Gasteiger partial charge < -0.3 is 20.5 Å². The topological polar surface area (TPSA) is 65.9 Å². The number of benzene rings is 1. The lowest BCUT2D eigenvalue weighted by Crippen LogP contribution is -2.45. The third-order valence-corrected chi connectivity index (χ3v) is 4.59. The van der Waals surface area contributed by atoms with E-state index >= 15 is 0 Å². The standard InChI is InChI=1S/C18H26F3N3O2/c1-3-22-17(23-11-12-5-4-6-15(26-2)16(12)25)24-14-9-7-13(8-10-14)18(19,20)21/h4-6,13-14,25H,3,7-11H2,1-2H3,(H2,22,23,24). The van der Waals surface area contributed by atoms with Crippen LogP contribution >= 0.6 is 0 Å². The molecular weight excluding hydrogens is 347 g/mol. The number of ether oxygens (including phenoxy) is 1. The summed E-state index contributed by atoms with van der Waals surface area (Å²) >= 11 is 0. The van der Waals surface area contributed by atoms with Crippen LogP contribution < -0.4 is 15.4 Å². The van der Waals surface area contributed by atoms with Crippen LogP contribution in [-0.4, -0.2) is 36.9 Å². The van der Waals surface area contributed by atoms with E-state index in [0.29, 0.717) is 36.7 Å². The lowest BCUT2D eigenvalue weighted by atomic mass is 9.85. The van der Waals surface area contributed by atoms with Gasteiger partial charge in [-0.2, -0.15) is 13.2 Å². The maximum Gasteiger partial charge on any atom is 0.391 e. The number of nitrogens with zero attached hydrogens (tertiary/aromatic N) is 1. The van der Waals surface area contributed by atoms with E-state index in [9.17, 15) is 18.3 Å². The van der Waals surface area contributed by atoms with Crippen LogP contribution in [0.1, 0.15) is 38.2 Å². The van der Waals surface area contributed by atoms with Crippen LogP contribution in [0.2, 0.25) is 0 Å². The van der Waals surface area contributed by atoms with E-state index in [1.807, 2.05) is 6.92 Å². The molecule has 1 fully saturated rings. The molecule has 8 heteroatoms. The predicted molar refractivity (Wildman–Crippen MR) is 94.4 cm³/mol. The SMILES string of the molecule is CCNC(=NCc1cccc(OC)c1O)NC1CCC(C(F)(F)F)CC1. The largest absolute Gasteiger partial charge is 0.504 e. The number of phenolic OH excluding ortho intramolecular Hbond substituents is 1. The fraction of sp³-hybridized carbons (Fsp3) is 0.611. The minimum absolute atomic E-state index is 0.0368. The summed E-state index contributed by atoms with van der Waals surface area (Å²) in [6, 6.07) is 5.14. The minimum Gasteiger partial charge on any atom is -0.504 e. The molecule has 0 amide bonds. The minimum atomic E-state index is -4.10. The lowest BCUT2D eigenvalue weighted by Gasteiger charge is -2.31. The molecule has 0 saturated heterocycles. The molecule has 0 spiro atoms. The predicted octanol–water partition coefficient (Wildman–Crippen LogP) is 3.58.